The quantitative estimate of drug-likeness (QED) is 0.500. The van der Waals surface area contributed by atoms with Gasteiger partial charge in [-0.05, 0) is 55.0 Å². The van der Waals surface area contributed by atoms with Crippen molar-refractivity contribution in [2.24, 2.45) is 0 Å². The van der Waals surface area contributed by atoms with Crippen LogP contribution in [-0.4, -0.2) is 34.7 Å². The Hall–Kier alpha value is -3.82. The third-order valence-corrected chi connectivity index (χ3v) is 5.25. The Morgan fingerprint density at radius 1 is 1.09 bits per heavy atom. The molecule has 0 aliphatic heterocycles. The van der Waals surface area contributed by atoms with Crippen molar-refractivity contribution in [1.82, 2.24) is 15.5 Å². The van der Waals surface area contributed by atoms with E-state index >= 15 is 0 Å². The van der Waals surface area contributed by atoms with Gasteiger partial charge in [-0.2, -0.15) is 0 Å². The van der Waals surface area contributed by atoms with Crippen molar-refractivity contribution < 1.29 is 27.5 Å². The molecule has 1 unspecified atom stereocenters. The van der Waals surface area contributed by atoms with E-state index in [0.29, 0.717) is 32.3 Å². The van der Waals surface area contributed by atoms with Gasteiger partial charge in [0.2, 0.25) is 0 Å². The van der Waals surface area contributed by atoms with E-state index < -0.39 is 17.5 Å². The number of nitrogens with zero attached hydrogens (tertiary/aromatic N) is 2. The molecular weight excluding hydrogens is 434 g/mol. The average Bonchev–Trinajstić information content (AvgIpc) is 3.41. The number of nitrogens with one attached hydrogen (secondary N) is 2. The Morgan fingerprint density at radius 3 is 2.70 bits per heavy atom. The molecule has 1 atom stereocenters. The Kier molecular flexibility index (Phi) is 6.62. The second kappa shape index (κ2) is 9.76. The van der Waals surface area contributed by atoms with Crippen LogP contribution in [0.15, 0.2) is 40.8 Å². The first kappa shape index (κ1) is 22.4. The molecule has 0 saturated carbocycles. The van der Waals surface area contributed by atoms with Crippen molar-refractivity contribution in [3.63, 3.8) is 0 Å². The van der Waals surface area contributed by atoms with Crippen molar-refractivity contribution in [3.8, 4) is 0 Å². The maximum Gasteiger partial charge on any atom is 0.320 e. The standard InChI is InChI=1S/C23H22F2N4O4/c1-2-32-20(30)8-4-13-3-5-14-10-17(11-15(14)9-13)26-21(31)22-28-29-23(33-22)27-16-6-7-18(24)19(25)12-16/h3,5-7,9,12,17H,2,4,8,10-11H2,1H3,(H,26,31)(H,27,29). The summed E-state index contributed by atoms with van der Waals surface area (Å²) in [4.78, 5) is 24.1. The zero-order chi connectivity index (χ0) is 23.4. The van der Waals surface area contributed by atoms with Gasteiger partial charge in [0.25, 0.3) is 0 Å². The number of carbonyl (C=O) groups is 2. The molecule has 10 heteroatoms. The molecule has 2 aromatic carbocycles. The first-order valence-electron chi connectivity index (χ1n) is 10.5. The molecule has 172 valence electrons. The van der Waals surface area contributed by atoms with Gasteiger partial charge in [-0.25, -0.2) is 8.78 Å². The number of esters is 1. The number of benzene rings is 2. The van der Waals surface area contributed by atoms with Gasteiger partial charge in [0.1, 0.15) is 0 Å². The fourth-order valence-corrected chi connectivity index (χ4v) is 3.72. The maximum absolute atomic E-state index is 13.3. The van der Waals surface area contributed by atoms with E-state index in [2.05, 4.69) is 26.9 Å². The van der Waals surface area contributed by atoms with Crippen molar-refractivity contribution in [3.05, 3.63) is 70.6 Å². The molecule has 0 spiro atoms. The number of rotatable bonds is 8. The van der Waals surface area contributed by atoms with Crippen LogP contribution < -0.4 is 10.6 Å². The highest BCUT2D eigenvalue weighted by Gasteiger charge is 2.26. The van der Waals surface area contributed by atoms with Crippen LogP contribution in [0, 0.1) is 11.6 Å². The van der Waals surface area contributed by atoms with E-state index in [-0.39, 0.29) is 29.6 Å². The van der Waals surface area contributed by atoms with E-state index in [0.717, 1.165) is 28.8 Å². The van der Waals surface area contributed by atoms with Crippen molar-refractivity contribution in [2.75, 3.05) is 11.9 Å². The minimum atomic E-state index is -1.03. The molecule has 1 heterocycles. The van der Waals surface area contributed by atoms with Crippen molar-refractivity contribution in [2.45, 2.75) is 38.6 Å². The van der Waals surface area contributed by atoms with E-state index in [4.69, 9.17) is 9.15 Å². The third-order valence-electron chi connectivity index (χ3n) is 5.25. The summed E-state index contributed by atoms with van der Waals surface area (Å²) in [5, 5.41) is 12.9. The largest absolute Gasteiger partial charge is 0.466 e. The van der Waals surface area contributed by atoms with Crippen LogP contribution in [0.2, 0.25) is 0 Å². The van der Waals surface area contributed by atoms with Crippen LogP contribution in [-0.2, 0) is 28.8 Å². The summed E-state index contributed by atoms with van der Waals surface area (Å²) >= 11 is 0. The number of aryl methyl sites for hydroxylation is 1. The normalized spacial score (nSPS) is 14.6. The Morgan fingerprint density at radius 2 is 1.91 bits per heavy atom. The predicted octanol–water partition coefficient (Wildman–Crippen LogP) is 3.48. The molecule has 0 radical (unpaired) electrons. The first-order chi connectivity index (χ1) is 15.9. The molecule has 8 nitrogen and oxygen atoms in total. The fraction of sp³-hybridized carbons (Fsp3) is 0.304. The molecule has 4 rings (SSSR count). The first-order valence-corrected chi connectivity index (χ1v) is 10.5. The molecule has 1 aliphatic carbocycles. The monoisotopic (exact) mass is 456 g/mol. The van der Waals surface area contributed by atoms with Crippen LogP contribution in [0.5, 0.6) is 0 Å². The zero-order valence-corrected chi connectivity index (χ0v) is 17.9. The number of carbonyl (C=O) groups excluding carboxylic acids is 2. The Labute approximate surface area is 188 Å². The lowest BCUT2D eigenvalue weighted by atomic mass is 10.0. The van der Waals surface area contributed by atoms with E-state index in [9.17, 15) is 18.4 Å². The minimum Gasteiger partial charge on any atom is -0.466 e. The van der Waals surface area contributed by atoms with Gasteiger partial charge < -0.3 is 19.8 Å². The SMILES string of the molecule is CCOC(=O)CCc1ccc2c(c1)CC(NC(=O)c1nnc(Nc3ccc(F)c(F)c3)o1)C2. The second-order valence-electron chi connectivity index (χ2n) is 7.65. The summed E-state index contributed by atoms with van der Waals surface area (Å²) in [6.45, 7) is 2.15. The predicted molar refractivity (Wildman–Crippen MR) is 114 cm³/mol. The Bertz CT molecular complexity index is 1180. The van der Waals surface area contributed by atoms with Crippen molar-refractivity contribution in [1.29, 1.82) is 0 Å². The molecule has 0 fully saturated rings. The number of anilines is 2. The van der Waals surface area contributed by atoms with E-state index in [1.807, 2.05) is 12.1 Å². The lowest BCUT2D eigenvalue weighted by molar-refractivity contribution is -0.143. The molecule has 0 bridgehead atoms. The van der Waals surface area contributed by atoms with Gasteiger partial charge in [-0.3, -0.25) is 9.59 Å². The summed E-state index contributed by atoms with van der Waals surface area (Å²) in [7, 11) is 0. The summed E-state index contributed by atoms with van der Waals surface area (Å²) in [6.07, 6.45) is 2.22. The molecule has 0 saturated heterocycles. The van der Waals surface area contributed by atoms with Crippen LogP contribution in [0.3, 0.4) is 0 Å². The van der Waals surface area contributed by atoms with Gasteiger partial charge >= 0.3 is 23.8 Å². The van der Waals surface area contributed by atoms with Gasteiger partial charge in [-0.1, -0.05) is 23.3 Å². The number of halogens is 2. The number of hydrogen-bond donors (Lipinski definition) is 2. The van der Waals surface area contributed by atoms with Gasteiger partial charge in [0.15, 0.2) is 11.6 Å². The molecule has 33 heavy (non-hydrogen) atoms. The minimum absolute atomic E-state index is 0.118. The lowest BCUT2D eigenvalue weighted by Gasteiger charge is -2.09. The van der Waals surface area contributed by atoms with Gasteiger partial charge in [-0.15, -0.1) is 5.10 Å². The summed E-state index contributed by atoms with van der Waals surface area (Å²) < 4.78 is 36.6. The lowest BCUT2D eigenvalue weighted by Crippen LogP contribution is -2.35. The Balaban J connectivity index is 1.32. The van der Waals surface area contributed by atoms with E-state index in [1.54, 1.807) is 6.92 Å². The number of amides is 1. The average molecular weight is 456 g/mol. The third kappa shape index (κ3) is 5.51. The van der Waals surface area contributed by atoms with Gasteiger partial charge in [0, 0.05) is 24.2 Å². The fourth-order valence-electron chi connectivity index (χ4n) is 3.72. The summed E-state index contributed by atoms with van der Waals surface area (Å²) in [5.41, 5.74) is 3.49. The molecule has 1 aliphatic rings. The topological polar surface area (TPSA) is 106 Å². The molecule has 1 aromatic heterocycles. The van der Waals surface area contributed by atoms with E-state index in [1.165, 1.54) is 6.07 Å². The van der Waals surface area contributed by atoms with Crippen LogP contribution >= 0.6 is 0 Å². The number of ether oxygens (including phenoxy) is 1. The highest BCUT2D eigenvalue weighted by Crippen LogP contribution is 2.25. The van der Waals surface area contributed by atoms with Crippen LogP contribution in [0.1, 0.15) is 40.7 Å². The number of fused-ring (bicyclic) bond motifs is 1. The second-order valence-corrected chi connectivity index (χ2v) is 7.65. The van der Waals surface area contributed by atoms with Crippen LogP contribution in [0.4, 0.5) is 20.5 Å². The highest BCUT2D eigenvalue weighted by molar-refractivity contribution is 5.90. The zero-order valence-electron chi connectivity index (χ0n) is 17.9. The molecule has 3 aromatic rings. The highest BCUT2D eigenvalue weighted by atomic mass is 19.2. The summed E-state index contributed by atoms with van der Waals surface area (Å²) in [6, 6.07) is 9.00. The number of hydrogen-bond acceptors (Lipinski definition) is 7. The molecule has 1 amide bonds. The van der Waals surface area contributed by atoms with Crippen molar-refractivity contribution >= 4 is 23.6 Å². The van der Waals surface area contributed by atoms with Crippen LogP contribution in [0.25, 0.3) is 0 Å². The molecular formula is C23H22F2N4O4. The smallest absolute Gasteiger partial charge is 0.320 e. The number of aromatic nitrogens is 2. The maximum atomic E-state index is 13.3. The summed E-state index contributed by atoms with van der Waals surface area (Å²) in [5.74, 6) is -2.99. The molecule has 2 N–H and O–H groups in total. The van der Waals surface area contributed by atoms with Gasteiger partial charge in [0.05, 0.1) is 6.61 Å².